The molecule has 2 atom stereocenters. The molecule has 0 saturated carbocycles. The van der Waals surface area contributed by atoms with Crippen molar-refractivity contribution in [1.29, 1.82) is 0 Å². The quantitative estimate of drug-likeness (QED) is 0.690. The van der Waals surface area contributed by atoms with Gasteiger partial charge in [0.15, 0.2) is 11.9 Å². The Morgan fingerprint density at radius 1 is 1.35 bits per heavy atom. The first-order chi connectivity index (χ1) is 9.52. The van der Waals surface area contributed by atoms with Gasteiger partial charge in [0.1, 0.15) is 12.7 Å². The van der Waals surface area contributed by atoms with Gasteiger partial charge in [-0.3, -0.25) is 0 Å². The van der Waals surface area contributed by atoms with E-state index in [1.165, 1.54) is 0 Å². The van der Waals surface area contributed by atoms with E-state index in [1.54, 1.807) is 12.1 Å². The van der Waals surface area contributed by atoms with Gasteiger partial charge in [0.25, 0.3) is 0 Å². The van der Waals surface area contributed by atoms with E-state index in [9.17, 15) is 15.0 Å². The summed E-state index contributed by atoms with van der Waals surface area (Å²) < 4.78 is 10.9. The maximum atomic E-state index is 11.5. The molecule has 0 saturated heterocycles. The first-order valence-electron chi connectivity index (χ1n) is 5.83. The van der Waals surface area contributed by atoms with Crippen molar-refractivity contribution < 1.29 is 29.6 Å². The van der Waals surface area contributed by atoms with Crippen LogP contribution >= 0.6 is 15.9 Å². The summed E-state index contributed by atoms with van der Waals surface area (Å²) in [6.07, 6.45) is -2.67. The van der Waals surface area contributed by atoms with E-state index in [4.69, 9.17) is 14.6 Å². The summed E-state index contributed by atoms with van der Waals surface area (Å²) in [5, 5.41) is 28.0. The number of ether oxygens (including phenoxy) is 2. The average molecular weight is 345 g/mol. The van der Waals surface area contributed by atoms with E-state index in [1.807, 2.05) is 12.1 Å². The first kappa shape index (κ1) is 14.8. The molecule has 7 heteroatoms. The molecule has 6 nitrogen and oxygen atoms in total. The van der Waals surface area contributed by atoms with Gasteiger partial charge in [-0.15, -0.1) is 0 Å². The Morgan fingerprint density at radius 2 is 2.00 bits per heavy atom. The van der Waals surface area contributed by atoms with Crippen molar-refractivity contribution in [3.05, 3.63) is 45.8 Å². The predicted octanol–water partition coefficient (Wildman–Crippen LogP) is 1.01. The highest BCUT2D eigenvalue weighted by molar-refractivity contribution is 9.10. The number of hydrogen-bond acceptors (Lipinski definition) is 6. The van der Waals surface area contributed by atoms with Gasteiger partial charge in [0, 0.05) is 4.47 Å². The minimum absolute atomic E-state index is 0.0731. The van der Waals surface area contributed by atoms with Crippen LogP contribution in [0.3, 0.4) is 0 Å². The lowest BCUT2D eigenvalue weighted by atomic mass is 10.2. The smallest absolute Gasteiger partial charge is 0.378 e. The van der Waals surface area contributed by atoms with Gasteiger partial charge < -0.3 is 24.8 Å². The molecule has 0 fully saturated rings. The Hall–Kier alpha value is -1.57. The predicted molar refractivity (Wildman–Crippen MR) is 71.6 cm³/mol. The monoisotopic (exact) mass is 344 g/mol. The van der Waals surface area contributed by atoms with Crippen LogP contribution in [-0.4, -0.2) is 40.1 Å². The van der Waals surface area contributed by atoms with Crippen LogP contribution in [0, 0.1) is 0 Å². The van der Waals surface area contributed by atoms with Crippen molar-refractivity contribution in [2.45, 2.75) is 18.8 Å². The molecule has 1 aliphatic heterocycles. The van der Waals surface area contributed by atoms with Crippen molar-refractivity contribution in [2.24, 2.45) is 0 Å². The van der Waals surface area contributed by atoms with E-state index < -0.39 is 30.5 Å². The molecule has 1 aromatic rings. The van der Waals surface area contributed by atoms with Crippen LogP contribution in [0.25, 0.3) is 0 Å². The van der Waals surface area contributed by atoms with Crippen LogP contribution in [0.5, 0.6) is 0 Å². The molecule has 0 aliphatic carbocycles. The fourth-order valence-electron chi connectivity index (χ4n) is 1.68. The second-order valence-corrected chi connectivity index (χ2v) is 5.12. The van der Waals surface area contributed by atoms with E-state index in [0.717, 1.165) is 10.0 Å². The number of benzene rings is 1. The lowest BCUT2D eigenvalue weighted by molar-refractivity contribution is -0.148. The molecule has 2 rings (SSSR count). The highest BCUT2D eigenvalue weighted by Crippen LogP contribution is 2.25. The fourth-order valence-corrected chi connectivity index (χ4v) is 1.95. The highest BCUT2D eigenvalue weighted by atomic mass is 79.9. The van der Waals surface area contributed by atoms with Gasteiger partial charge >= 0.3 is 5.97 Å². The maximum absolute atomic E-state index is 11.5. The molecule has 0 bridgehead atoms. The normalized spacial score (nSPS) is 19.9. The number of hydrogen-bond donors (Lipinski definition) is 3. The minimum Gasteiger partial charge on any atom is -0.505 e. The van der Waals surface area contributed by atoms with Crippen LogP contribution in [0.1, 0.15) is 5.56 Å². The van der Waals surface area contributed by atoms with Crippen LogP contribution in [-0.2, 0) is 20.9 Å². The van der Waals surface area contributed by atoms with Crippen LogP contribution in [0.2, 0.25) is 0 Å². The molecule has 0 spiro atoms. The second-order valence-electron chi connectivity index (χ2n) is 4.21. The van der Waals surface area contributed by atoms with Crippen molar-refractivity contribution >= 4 is 21.9 Å². The molecule has 1 aromatic carbocycles. The Bertz CT molecular complexity index is 524. The lowest BCUT2D eigenvalue weighted by Crippen LogP contribution is -2.31. The third-order valence-electron chi connectivity index (χ3n) is 2.75. The summed E-state index contributed by atoms with van der Waals surface area (Å²) in [6.45, 7) is -0.564. The highest BCUT2D eigenvalue weighted by Gasteiger charge is 2.40. The zero-order valence-electron chi connectivity index (χ0n) is 10.3. The Kier molecular flexibility index (Phi) is 4.64. The van der Waals surface area contributed by atoms with E-state index in [0.29, 0.717) is 0 Å². The lowest BCUT2D eigenvalue weighted by Gasteiger charge is -2.13. The number of rotatable bonds is 5. The Labute approximate surface area is 123 Å². The van der Waals surface area contributed by atoms with E-state index >= 15 is 0 Å². The Morgan fingerprint density at radius 3 is 2.60 bits per heavy atom. The molecule has 108 valence electrons. The summed E-state index contributed by atoms with van der Waals surface area (Å²) in [6, 6.07) is 7.22. The molecular weight excluding hydrogens is 332 g/mol. The number of esters is 1. The van der Waals surface area contributed by atoms with Crippen LogP contribution < -0.4 is 0 Å². The van der Waals surface area contributed by atoms with E-state index in [2.05, 4.69) is 15.9 Å². The summed E-state index contributed by atoms with van der Waals surface area (Å²) in [5.74, 6) is -1.71. The van der Waals surface area contributed by atoms with Gasteiger partial charge in [-0.1, -0.05) is 28.1 Å². The standard InChI is InChI=1S/C13H13BrO6/c14-8-3-1-7(2-4-8)6-19-12-10(17)11(9(16)5-15)20-13(12)18/h1-4,9,11,15-17H,5-6H2/t9-,11+/m0/s1. The summed E-state index contributed by atoms with van der Waals surface area (Å²) in [4.78, 5) is 11.5. The molecular formula is C13H13BrO6. The molecule has 0 aromatic heterocycles. The van der Waals surface area contributed by atoms with Gasteiger partial charge in [-0.05, 0) is 17.7 Å². The second kappa shape index (κ2) is 6.25. The van der Waals surface area contributed by atoms with Gasteiger partial charge in [0.2, 0.25) is 5.76 Å². The summed E-state index contributed by atoms with van der Waals surface area (Å²) in [5.41, 5.74) is 0.799. The molecule has 3 N–H and O–H groups in total. The third-order valence-corrected chi connectivity index (χ3v) is 3.28. The summed E-state index contributed by atoms with van der Waals surface area (Å²) in [7, 11) is 0. The molecule has 1 heterocycles. The number of aliphatic hydroxyl groups is 3. The number of carbonyl (C=O) groups excluding carboxylic acids is 1. The number of carbonyl (C=O) groups is 1. The zero-order chi connectivity index (χ0) is 14.7. The fraction of sp³-hybridized carbons (Fsp3) is 0.308. The zero-order valence-corrected chi connectivity index (χ0v) is 11.9. The van der Waals surface area contributed by atoms with Gasteiger partial charge in [-0.2, -0.15) is 0 Å². The van der Waals surface area contributed by atoms with Crippen molar-refractivity contribution in [2.75, 3.05) is 6.61 Å². The maximum Gasteiger partial charge on any atom is 0.378 e. The molecule has 20 heavy (non-hydrogen) atoms. The molecule has 1 aliphatic rings. The van der Waals surface area contributed by atoms with Gasteiger partial charge in [-0.25, -0.2) is 4.79 Å². The first-order valence-corrected chi connectivity index (χ1v) is 6.62. The van der Waals surface area contributed by atoms with Crippen molar-refractivity contribution in [3.63, 3.8) is 0 Å². The third kappa shape index (κ3) is 3.12. The molecule has 0 radical (unpaired) electrons. The minimum atomic E-state index is -1.38. The van der Waals surface area contributed by atoms with Gasteiger partial charge in [0.05, 0.1) is 6.61 Å². The summed E-state index contributed by atoms with van der Waals surface area (Å²) >= 11 is 3.30. The number of aliphatic hydroxyl groups excluding tert-OH is 3. The number of halogens is 1. The SMILES string of the molecule is O=C1O[C@H]([C@@H](O)CO)C(O)=C1OCc1ccc(Br)cc1. The molecule has 0 amide bonds. The number of cyclic esters (lactones) is 1. The Balaban J connectivity index is 2.06. The van der Waals surface area contributed by atoms with Crippen LogP contribution in [0.4, 0.5) is 0 Å². The van der Waals surface area contributed by atoms with E-state index in [-0.39, 0.29) is 12.4 Å². The molecule has 0 unspecified atom stereocenters. The average Bonchev–Trinajstić information content (AvgIpc) is 2.73. The van der Waals surface area contributed by atoms with Crippen molar-refractivity contribution in [1.82, 2.24) is 0 Å². The largest absolute Gasteiger partial charge is 0.505 e. The van der Waals surface area contributed by atoms with Crippen molar-refractivity contribution in [3.8, 4) is 0 Å². The van der Waals surface area contributed by atoms with Crippen LogP contribution in [0.15, 0.2) is 40.3 Å². The topological polar surface area (TPSA) is 96.2 Å².